The predicted octanol–water partition coefficient (Wildman–Crippen LogP) is 2.28. The van der Waals surface area contributed by atoms with Gasteiger partial charge in [0.05, 0.1) is 23.5 Å². The van der Waals surface area contributed by atoms with Gasteiger partial charge < -0.3 is 24.6 Å². The monoisotopic (exact) mass is 560 g/mol. The van der Waals surface area contributed by atoms with Crippen LogP contribution in [-0.2, 0) is 18.4 Å². The summed E-state index contributed by atoms with van der Waals surface area (Å²) in [6, 6.07) is 3.74. The Balaban J connectivity index is 0.00000272. The van der Waals surface area contributed by atoms with Crippen molar-refractivity contribution in [1.82, 2.24) is 20.0 Å². The maximum Gasteiger partial charge on any atom is 0.246 e. The average Bonchev–Trinajstić information content (AvgIpc) is 3.17. The molecule has 0 saturated carbocycles. The van der Waals surface area contributed by atoms with Crippen LogP contribution in [0.2, 0.25) is 5.02 Å². The largest absolute Gasteiger partial charge is 0.486 e. The number of nitrogens with one attached hydrogen (secondary N) is 1. The van der Waals surface area contributed by atoms with E-state index in [4.69, 9.17) is 26.1 Å². The second kappa shape index (κ2) is 10.4. The molecule has 9 nitrogen and oxygen atoms in total. The van der Waals surface area contributed by atoms with E-state index in [2.05, 4.69) is 10.4 Å². The third-order valence-electron chi connectivity index (χ3n) is 4.93. The van der Waals surface area contributed by atoms with E-state index in [0.717, 1.165) is 11.3 Å². The Kier molecular flexibility index (Phi) is 7.87. The number of piperazine rings is 1. The first kappa shape index (κ1) is 23.5. The highest BCUT2D eigenvalue weighted by Crippen LogP contribution is 2.38. The molecule has 2 aromatic rings. The molecular formula is C20H26ClIN6O3. The lowest BCUT2D eigenvalue weighted by atomic mass is 10.2. The highest BCUT2D eigenvalue weighted by atomic mass is 127. The molecule has 4 rings (SSSR count). The number of fused-ring (bicyclic) bond motifs is 1. The van der Waals surface area contributed by atoms with Crippen LogP contribution in [-0.4, -0.2) is 65.9 Å². The van der Waals surface area contributed by atoms with Crippen molar-refractivity contribution < 1.29 is 14.3 Å². The van der Waals surface area contributed by atoms with Crippen LogP contribution in [0.3, 0.4) is 0 Å². The Labute approximate surface area is 203 Å². The molecule has 1 N–H and O–H groups in total. The first-order valence-corrected chi connectivity index (χ1v) is 10.3. The van der Waals surface area contributed by atoms with Gasteiger partial charge in [-0.1, -0.05) is 11.6 Å². The lowest BCUT2D eigenvalue weighted by Crippen LogP contribution is -2.55. The van der Waals surface area contributed by atoms with Crippen LogP contribution in [0.15, 0.2) is 29.5 Å². The number of hydrogen-bond acceptors (Lipinski definition) is 5. The SMILES string of the molecule is CCNC(=NCc1cc(Cl)c2c(c1)OCCO2)N1CCN(c2cnn(C)c2)C(=O)C1.I. The fourth-order valence-electron chi connectivity index (χ4n) is 3.52. The van der Waals surface area contributed by atoms with Crippen LogP contribution >= 0.6 is 35.6 Å². The van der Waals surface area contributed by atoms with Gasteiger partial charge in [0.25, 0.3) is 0 Å². The van der Waals surface area contributed by atoms with Crippen LogP contribution < -0.4 is 19.7 Å². The lowest BCUT2D eigenvalue weighted by molar-refractivity contribution is -0.120. The quantitative estimate of drug-likeness (QED) is 0.351. The number of halogens is 2. The minimum atomic E-state index is 0. The van der Waals surface area contributed by atoms with Gasteiger partial charge in [-0.3, -0.25) is 9.48 Å². The van der Waals surface area contributed by atoms with Crippen molar-refractivity contribution in [1.29, 1.82) is 0 Å². The zero-order valence-electron chi connectivity index (χ0n) is 17.5. The average molecular weight is 561 g/mol. The summed E-state index contributed by atoms with van der Waals surface area (Å²) in [6.07, 6.45) is 3.55. The van der Waals surface area contributed by atoms with E-state index in [9.17, 15) is 4.79 Å². The highest BCUT2D eigenvalue weighted by molar-refractivity contribution is 14.0. The van der Waals surface area contributed by atoms with Crippen molar-refractivity contribution in [3.63, 3.8) is 0 Å². The summed E-state index contributed by atoms with van der Waals surface area (Å²) in [5, 5.41) is 7.95. The van der Waals surface area contributed by atoms with Crippen molar-refractivity contribution in [2.24, 2.45) is 12.0 Å². The van der Waals surface area contributed by atoms with Crippen LogP contribution in [0.5, 0.6) is 11.5 Å². The summed E-state index contributed by atoms with van der Waals surface area (Å²) in [4.78, 5) is 21.2. The summed E-state index contributed by atoms with van der Waals surface area (Å²) >= 11 is 6.33. The fourth-order valence-corrected chi connectivity index (χ4v) is 3.81. The van der Waals surface area contributed by atoms with Crippen molar-refractivity contribution in [3.05, 3.63) is 35.1 Å². The molecule has 11 heteroatoms. The first-order chi connectivity index (χ1) is 14.5. The van der Waals surface area contributed by atoms with E-state index in [1.54, 1.807) is 15.8 Å². The maximum absolute atomic E-state index is 12.7. The Bertz CT molecular complexity index is 966. The number of nitrogens with zero attached hydrogens (tertiary/aromatic N) is 5. The van der Waals surface area contributed by atoms with E-state index in [1.807, 2.05) is 37.2 Å². The van der Waals surface area contributed by atoms with E-state index in [-0.39, 0.29) is 36.4 Å². The lowest BCUT2D eigenvalue weighted by Gasteiger charge is -2.35. The molecule has 0 atom stereocenters. The van der Waals surface area contributed by atoms with Crippen molar-refractivity contribution in [2.75, 3.05) is 44.3 Å². The van der Waals surface area contributed by atoms with Gasteiger partial charge in [-0.15, -0.1) is 24.0 Å². The molecule has 3 heterocycles. The molecule has 2 aliphatic heterocycles. The van der Waals surface area contributed by atoms with E-state index in [1.165, 1.54) is 0 Å². The first-order valence-electron chi connectivity index (χ1n) is 9.95. The number of aryl methyl sites for hydroxylation is 1. The van der Waals surface area contributed by atoms with E-state index in [0.29, 0.717) is 61.9 Å². The number of anilines is 1. The van der Waals surface area contributed by atoms with Crippen LogP contribution in [0.25, 0.3) is 0 Å². The van der Waals surface area contributed by atoms with Crippen LogP contribution in [0.4, 0.5) is 5.69 Å². The molecule has 1 aromatic carbocycles. The predicted molar refractivity (Wildman–Crippen MR) is 130 cm³/mol. The summed E-state index contributed by atoms with van der Waals surface area (Å²) in [7, 11) is 1.84. The number of aromatic nitrogens is 2. The van der Waals surface area contributed by atoms with Crippen molar-refractivity contribution >= 4 is 53.1 Å². The smallest absolute Gasteiger partial charge is 0.246 e. The van der Waals surface area contributed by atoms with Gasteiger partial charge in [-0.25, -0.2) is 4.99 Å². The van der Waals surface area contributed by atoms with Gasteiger partial charge >= 0.3 is 0 Å². The number of guanidine groups is 1. The number of ether oxygens (including phenoxy) is 2. The van der Waals surface area contributed by atoms with E-state index >= 15 is 0 Å². The molecule has 31 heavy (non-hydrogen) atoms. The molecule has 1 fully saturated rings. The standard InChI is InChI=1S/C20H25ClN6O3.HI/c1-3-22-20(23-10-14-8-16(21)19-17(9-14)29-6-7-30-19)26-4-5-27(18(28)13-26)15-11-24-25(2)12-15;/h8-9,11-12H,3-7,10,13H2,1-2H3,(H,22,23);1H. The molecule has 0 spiro atoms. The number of carbonyl (C=O) groups excluding carboxylic acids is 1. The van der Waals surface area contributed by atoms with Gasteiger partial charge in [0, 0.05) is 32.9 Å². The zero-order chi connectivity index (χ0) is 21.1. The number of amides is 1. The maximum atomic E-state index is 12.7. The van der Waals surface area contributed by atoms with Crippen molar-refractivity contribution in [3.8, 4) is 11.5 Å². The fraction of sp³-hybridized carbons (Fsp3) is 0.450. The molecule has 2 aliphatic rings. The molecule has 0 bridgehead atoms. The van der Waals surface area contributed by atoms with Crippen LogP contribution in [0.1, 0.15) is 12.5 Å². The minimum absolute atomic E-state index is 0. The molecule has 0 unspecified atom stereocenters. The zero-order valence-corrected chi connectivity index (χ0v) is 20.6. The molecule has 1 amide bonds. The highest BCUT2D eigenvalue weighted by Gasteiger charge is 2.27. The topological polar surface area (TPSA) is 84.2 Å². The summed E-state index contributed by atoms with van der Waals surface area (Å²) < 4.78 is 12.9. The number of rotatable bonds is 4. The summed E-state index contributed by atoms with van der Waals surface area (Å²) in [6.45, 7) is 5.62. The molecular weight excluding hydrogens is 535 g/mol. The Morgan fingerprint density at radius 3 is 2.81 bits per heavy atom. The number of aliphatic imine (C=N–C) groups is 1. The van der Waals surface area contributed by atoms with Gasteiger partial charge in [0.1, 0.15) is 19.8 Å². The van der Waals surface area contributed by atoms with Gasteiger partial charge in [-0.2, -0.15) is 5.10 Å². The molecule has 0 aliphatic carbocycles. The second-order valence-corrected chi connectivity index (χ2v) is 7.52. The normalized spacial score (nSPS) is 16.2. The summed E-state index contributed by atoms with van der Waals surface area (Å²) in [5.41, 5.74) is 1.73. The molecule has 0 radical (unpaired) electrons. The summed E-state index contributed by atoms with van der Waals surface area (Å²) in [5.74, 6) is 1.94. The molecule has 1 aromatic heterocycles. The Morgan fingerprint density at radius 2 is 2.10 bits per heavy atom. The molecule has 168 valence electrons. The minimum Gasteiger partial charge on any atom is -0.486 e. The van der Waals surface area contributed by atoms with Gasteiger partial charge in [-0.05, 0) is 24.6 Å². The van der Waals surface area contributed by atoms with E-state index < -0.39 is 0 Å². The third kappa shape index (κ3) is 5.35. The second-order valence-electron chi connectivity index (χ2n) is 7.11. The number of hydrogen-bond donors (Lipinski definition) is 1. The van der Waals surface area contributed by atoms with Crippen LogP contribution in [0, 0.1) is 0 Å². The third-order valence-corrected chi connectivity index (χ3v) is 5.21. The van der Waals surface area contributed by atoms with Gasteiger partial charge in [0.2, 0.25) is 5.91 Å². The van der Waals surface area contributed by atoms with Crippen molar-refractivity contribution in [2.45, 2.75) is 13.5 Å². The van der Waals surface area contributed by atoms with Gasteiger partial charge in [0.15, 0.2) is 17.5 Å². The number of carbonyl (C=O) groups is 1. The molecule has 1 saturated heterocycles. The number of benzene rings is 1. The Morgan fingerprint density at radius 1 is 1.29 bits per heavy atom. The Hall–Kier alpha value is -2.21.